The van der Waals surface area contributed by atoms with Crippen LogP contribution in [0.4, 0.5) is 0 Å². The fraction of sp³-hybridized carbons (Fsp3) is 0.727. The van der Waals surface area contributed by atoms with Gasteiger partial charge in [0, 0.05) is 31.6 Å². The molecule has 1 fully saturated rings. The lowest BCUT2D eigenvalue weighted by Gasteiger charge is -2.23. The van der Waals surface area contributed by atoms with Gasteiger partial charge >= 0.3 is 0 Å². The van der Waals surface area contributed by atoms with Crippen LogP contribution in [-0.4, -0.2) is 23.7 Å². The van der Waals surface area contributed by atoms with Crippen LogP contribution in [0.2, 0.25) is 0 Å². The Bertz CT molecular complexity index is 334. The number of hydrogen-bond donors (Lipinski definition) is 2. The van der Waals surface area contributed by atoms with Crippen LogP contribution in [0.3, 0.4) is 0 Å². The third kappa shape index (κ3) is 3.01. The summed E-state index contributed by atoms with van der Waals surface area (Å²) in [5.41, 5.74) is 6.62. The molecule has 1 aromatic rings. The van der Waals surface area contributed by atoms with Crippen molar-refractivity contribution >= 4 is 11.3 Å². The Morgan fingerprint density at radius 1 is 1.69 bits per heavy atom. The van der Waals surface area contributed by atoms with Crippen molar-refractivity contribution in [2.75, 3.05) is 13.2 Å². The molecule has 1 saturated heterocycles. The van der Waals surface area contributed by atoms with E-state index in [2.05, 4.69) is 22.6 Å². The smallest absolute Gasteiger partial charge is 0.106 e. The van der Waals surface area contributed by atoms with Crippen LogP contribution in [0.5, 0.6) is 0 Å². The lowest BCUT2D eigenvalue weighted by atomic mass is 10.0. The lowest BCUT2D eigenvalue weighted by molar-refractivity contribution is 0.0206. The molecule has 0 spiro atoms. The minimum Gasteiger partial charge on any atom is -0.374 e. The minimum absolute atomic E-state index is 0.0206. The zero-order chi connectivity index (χ0) is 11.4. The molecule has 1 aliphatic heterocycles. The number of hydrogen-bond acceptors (Lipinski definition) is 5. The van der Waals surface area contributed by atoms with Crippen LogP contribution >= 0.6 is 11.3 Å². The number of nitrogens with zero attached hydrogens (tertiary/aromatic N) is 1. The molecule has 4 nitrogen and oxygen atoms in total. The molecule has 3 N–H and O–H groups in total. The second-order valence-corrected chi connectivity index (χ2v) is 5.38. The van der Waals surface area contributed by atoms with Crippen molar-refractivity contribution in [3.8, 4) is 0 Å². The Kier molecular flexibility index (Phi) is 3.91. The summed E-state index contributed by atoms with van der Waals surface area (Å²) >= 11 is 1.62. The maximum Gasteiger partial charge on any atom is 0.106 e. The first-order valence-corrected chi connectivity index (χ1v) is 6.58. The number of nitrogens with two attached hydrogens (primary N) is 1. The second-order valence-electron chi connectivity index (χ2n) is 4.44. The molecule has 1 aliphatic rings. The highest BCUT2D eigenvalue weighted by atomic mass is 32.1. The molecule has 1 aromatic heterocycles. The van der Waals surface area contributed by atoms with Crippen molar-refractivity contribution in [1.29, 1.82) is 0 Å². The van der Waals surface area contributed by atoms with Gasteiger partial charge in [-0.3, -0.25) is 0 Å². The topological polar surface area (TPSA) is 60.2 Å². The number of rotatable bonds is 5. The SMILES string of the molecule is CC1(CNCc2csc(CN)n2)CCCO1. The molecule has 0 saturated carbocycles. The van der Waals surface area contributed by atoms with Crippen LogP contribution in [0.1, 0.15) is 30.5 Å². The number of ether oxygens (including phenoxy) is 1. The molecule has 0 amide bonds. The summed E-state index contributed by atoms with van der Waals surface area (Å²) in [6.45, 7) is 5.29. The predicted octanol–water partition coefficient (Wildman–Crippen LogP) is 1.26. The summed E-state index contributed by atoms with van der Waals surface area (Å²) in [5.74, 6) is 0. The van der Waals surface area contributed by atoms with Crippen LogP contribution in [0, 0.1) is 0 Å². The van der Waals surface area contributed by atoms with E-state index in [1.807, 2.05) is 0 Å². The molecule has 0 aliphatic carbocycles. The van der Waals surface area contributed by atoms with Gasteiger partial charge in [-0.1, -0.05) is 0 Å². The largest absolute Gasteiger partial charge is 0.374 e. The van der Waals surface area contributed by atoms with E-state index >= 15 is 0 Å². The summed E-state index contributed by atoms with van der Waals surface area (Å²) in [5, 5.41) is 6.46. The highest BCUT2D eigenvalue weighted by Gasteiger charge is 2.28. The highest BCUT2D eigenvalue weighted by molar-refractivity contribution is 7.09. The molecule has 2 rings (SSSR count). The van der Waals surface area contributed by atoms with E-state index in [-0.39, 0.29) is 5.60 Å². The Hall–Kier alpha value is -0.490. The van der Waals surface area contributed by atoms with Gasteiger partial charge in [-0.25, -0.2) is 4.98 Å². The van der Waals surface area contributed by atoms with Crippen LogP contribution < -0.4 is 11.1 Å². The molecule has 90 valence electrons. The number of nitrogens with one attached hydrogen (secondary N) is 1. The summed E-state index contributed by atoms with van der Waals surface area (Å²) < 4.78 is 5.70. The molecule has 1 unspecified atom stereocenters. The van der Waals surface area contributed by atoms with E-state index < -0.39 is 0 Å². The lowest BCUT2D eigenvalue weighted by Crippen LogP contribution is -2.36. The van der Waals surface area contributed by atoms with Crippen molar-refractivity contribution < 1.29 is 4.74 Å². The van der Waals surface area contributed by atoms with E-state index in [9.17, 15) is 0 Å². The molecular formula is C11H19N3OS. The molecule has 1 atom stereocenters. The van der Waals surface area contributed by atoms with Crippen molar-refractivity contribution in [2.24, 2.45) is 5.73 Å². The molecule has 0 radical (unpaired) electrons. The van der Waals surface area contributed by atoms with E-state index in [1.54, 1.807) is 11.3 Å². The van der Waals surface area contributed by atoms with Gasteiger partial charge in [-0.05, 0) is 19.8 Å². The molecule has 16 heavy (non-hydrogen) atoms. The number of aromatic nitrogens is 1. The van der Waals surface area contributed by atoms with Gasteiger partial charge in [0.15, 0.2) is 0 Å². The summed E-state index contributed by atoms with van der Waals surface area (Å²) in [6.07, 6.45) is 2.32. The van der Waals surface area contributed by atoms with Crippen molar-refractivity contribution in [3.63, 3.8) is 0 Å². The fourth-order valence-corrected chi connectivity index (χ4v) is 2.63. The second kappa shape index (κ2) is 5.23. The maximum absolute atomic E-state index is 5.70. The van der Waals surface area contributed by atoms with Crippen LogP contribution in [0.15, 0.2) is 5.38 Å². The minimum atomic E-state index is 0.0206. The zero-order valence-corrected chi connectivity index (χ0v) is 10.5. The van der Waals surface area contributed by atoms with Crippen molar-refractivity contribution in [1.82, 2.24) is 10.3 Å². The third-order valence-corrected chi connectivity index (χ3v) is 3.80. The predicted molar refractivity (Wildman–Crippen MR) is 65.3 cm³/mol. The molecule has 0 aromatic carbocycles. The van der Waals surface area contributed by atoms with Gasteiger partial charge in [0.2, 0.25) is 0 Å². The van der Waals surface area contributed by atoms with E-state index in [1.165, 1.54) is 6.42 Å². The Balaban J connectivity index is 1.75. The summed E-state index contributed by atoms with van der Waals surface area (Å²) in [6, 6.07) is 0. The molecule has 0 bridgehead atoms. The highest BCUT2D eigenvalue weighted by Crippen LogP contribution is 2.23. The first kappa shape index (κ1) is 12.0. The van der Waals surface area contributed by atoms with Gasteiger partial charge in [0.25, 0.3) is 0 Å². The Labute approximate surface area is 100 Å². The summed E-state index contributed by atoms with van der Waals surface area (Å²) in [4.78, 5) is 4.41. The maximum atomic E-state index is 5.70. The van der Waals surface area contributed by atoms with E-state index in [4.69, 9.17) is 10.5 Å². The normalized spacial score (nSPS) is 25.1. The standard InChI is InChI=1S/C11H19N3OS/c1-11(3-2-4-15-11)8-13-6-9-7-16-10(5-12)14-9/h7,13H,2-6,8,12H2,1H3. The average molecular weight is 241 g/mol. The fourth-order valence-electron chi connectivity index (χ4n) is 1.96. The van der Waals surface area contributed by atoms with Gasteiger partial charge in [0.05, 0.1) is 11.3 Å². The van der Waals surface area contributed by atoms with Gasteiger partial charge in [0.1, 0.15) is 5.01 Å². The van der Waals surface area contributed by atoms with Crippen LogP contribution in [-0.2, 0) is 17.8 Å². The molecule has 2 heterocycles. The monoisotopic (exact) mass is 241 g/mol. The van der Waals surface area contributed by atoms with Gasteiger partial charge in [-0.2, -0.15) is 0 Å². The Morgan fingerprint density at radius 2 is 2.56 bits per heavy atom. The third-order valence-electron chi connectivity index (χ3n) is 2.88. The van der Waals surface area contributed by atoms with E-state index in [0.29, 0.717) is 6.54 Å². The zero-order valence-electron chi connectivity index (χ0n) is 9.66. The van der Waals surface area contributed by atoms with Gasteiger partial charge < -0.3 is 15.8 Å². The average Bonchev–Trinajstić information content (AvgIpc) is 2.88. The first-order valence-electron chi connectivity index (χ1n) is 5.70. The Morgan fingerprint density at radius 3 is 3.19 bits per heavy atom. The summed E-state index contributed by atoms with van der Waals surface area (Å²) in [7, 11) is 0. The molecular weight excluding hydrogens is 222 g/mol. The van der Waals surface area contributed by atoms with Crippen molar-refractivity contribution in [3.05, 3.63) is 16.1 Å². The van der Waals surface area contributed by atoms with Crippen LogP contribution in [0.25, 0.3) is 0 Å². The molecule has 5 heteroatoms. The van der Waals surface area contributed by atoms with Gasteiger partial charge in [-0.15, -0.1) is 11.3 Å². The first-order chi connectivity index (χ1) is 7.72. The van der Waals surface area contributed by atoms with Crippen molar-refractivity contribution in [2.45, 2.75) is 38.5 Å². The van der Waals surface area contributed by atoms with E-state index in [0.717, 1.165) is 36.8 Å². The number of thiazole rings is 1. The quantitative estimate of drug-likeness (QED) is 0.815.